The van der Waals surface area contributed by atoms with Gasteiger partial charge in [-0.2, -0.15) is 0 Å². The van der Waals surface area contributed by atoms with Crippen LogP contribution in [0.3, 0.4) is 0 Å². The van der Waals surface area contributed by atoms with Crippen molar-refractivity contribution in [3.05, 3.63) is 29.8 Å². The minimum absolute atomic E-state index is 0.134. The molecule has 1 aromatic rings. The molecule has 2 aliphatic heterocycles. The number of nitrogens with zero attached hydrogens (tertiary/aromatic N) is 2. The third-order valence-electron chi connectivity index (χ3n) is 6.65. The number of benzene rings is 1. The fraction of sp³-hybridized carbons (Fsp3) is 0.667. The van der Waals surface area contributed by atoms with E-state index in [0.29, 0.717) is 19.4 Å². The maximum Gasteiger partial charge on any atom is 0.222 e. The molecule has 1 fully saturated rings. The molecule has 1 spiro atoms. The zero-order chi connectivity index (χ0) is 20.7. The van der Waals surface area contributed by atoms with Crippen LogP contribution in [0, 0.1) is 5.41 Å². The van der Waals surface area contributed by atoms with Gasteiger partial charge in [0.15, 0.2) is 0 Å². The van der Waals surface area contributed by atoms with Crippen LogP contribution >= 0.6 is 0 Å². The van der Waals surface area contributed by atoms with Gasteiger partial charge in [0.2, 0.25) is 11.8 Å². The summed E-state index contributed by atoms with van der Waals surface area (Å²) >= 11 is 0. The summed E-state index contributed by atoms with van der Waals surface area (Å²) in [6.45, 7) is 4.96. The number of carbonyl (C=O) groups is 2. The monoisotopic (exact) mass is 400 g/mol. The zero-order valence-electron chi connectivity index (χ0n) is 18.1. The van der Waals surface area contributed by atoms with Gasteiger partial charge in [-0.25, -0.2) is 0 Å². The van der Waals surface area contributed by atoms with E-state index in [2.05, 4.69) is 12.1 Å². The first-order valence-corrected chi connectivity index (χ1v) is 11.3. The highest BCUT2D eigenvalue weighted by Gasteiger charge is 2.37. The lowest BCUT2D eigenvalue weighted by Crippen LogP contribution is -2.48. The van der Waals surface area contributed by atoms with Crippen LogP contribution in [-0.2, 0) is 16.0 Å². The van der Waals surface area contributed by atoms with Crippen molar-refractivity contribution in [2.24, 2.45) is 5.41 Å². The van der Waals surface area contributed by atoms with Crippen LogP contribution in [0.15, 0.2) is 24.3 Å². The third kappa shape index (κ3) is 5.74. The quantitative estimate of drug-likeness (QED) is 0.715. The molecule has 2 heterocycles. The molecule has 1 saturated heterocycles. The molecule has 160 valence electrons. The predicted molar refractivity (Wildman–Crippen MR) is 115 cm³/mol. The van der Waals surface area contributed by atoms with E-state index in [1.165, 1.54) is 5.56 Å². The molecule has 0 aromatic heterocycles. The molecule has 2 aliphatic rings. The third-order valence-corrected chi connectivity index (χ3v) is 6.65. The number of hydrogen-bond acceptors (Lipinski definition) is 3. The minimum Gasteiger partial charge on any atom is -0.493 e. The molecule has 0 N–H and O–H groups in total. The first-order valence-electron chi connectivity index (χ1n) is 11.3. The van der Waals surface area contributed by atoms with Gasteiger partial charge in [-0.05, 0) is 55.6 Å². The summed E-state index contributed by atoms with van der Waals surface area (Å²) in [5.41, 5.74) is 1.40. The van der Waals surface area contributed by atoms with Gasteiger partial charge in [-0.15, -0.1) is 0 Å². The largest absolute Gasteiger partial charge is 0.493 e. The Bertz CT molecular complexity index is 695. The van der Waals surface area contributed by atoms with Gasteiger partial charge in [0.25, 0.3) is 0 Å². The number of fused-ring (bicyclic) bond motifs is 1. The molecule has 29 heavy (non-hydrogen) atoms. The molecule has 0 radical (unpaired) electrons. The number of likely N-dealkylation sites (tertiary alicyclic amines) is 1. The van der Waals surface area contributed by atoms with Crippen molar-refractivity contribution in [2.75, 3.05) is 33.3 Å². The van der Waals surface area contributed by atoms with Crippen molar-refractivity contribution in [3.8, 4) is 5.75 Å². The van der Waals surface area contributed by atoms with Crippen molar-refractivity contribution in [2.45, 2.75) is 64.7 Å². The molecule has 0 aliphatic carbocycles. The number of ether oxygens (including phenoxy) is 1. The summed E-state index contributed by atoms with van der Waals surface area (Å²) in [5, 5.41) is 0. The maximum absolute atomic E-state index is 12.7. The zero-order valence-corrected chi connectivity index (χ0v) is 18.1. The summed E-state index contributed by atoms with van der Waals surface area (Å²) in [4.78, 5) is 28.7. The maximum atomic E-state index is 12.7. The molecular formula is C24H36N2O3. The second kappa shape index (κ2) is 10.1. The highest BCUT2D eigenvalue weighted by molar-refractivity contribution is 5.76. The smallest absolute Gasteiger partial charge is 0.222 e. The van der Waals surface area contributed by atoms with Crippen molar-refractivity contribution >= 4 is 11.8 Å². The summed E-state index contributed by atoms with van der Waals surface area (Å²) in [6.07, 6.45) is 8.23. The van der Waals surface area contributed by atoms with Crippen molar-refractivity contribution in [3.63, 3.8) is 0 Å². The number of carbonyl (C=O) groups excluding carboxylic acids is 2. The SMILES string of the molecule is CCC(=O)N1CCC2(CCCCc3ccccc3OCCCC(=O)N(C)C2)CC1. The Hall–Kier alpha value is -2.04. The molecule has 0 bridgehead atoms. The number of amides is 2. The van der Waals surface area contributed by atoms with E-state index < -0.39 is 0 Å². The Kier molecular flexibility index (Phi) is 7.57. The number of piperidine rings is 1. The lowest BCUT2D eigenvalue weighted by atomic mass is 9.73. The Morgan fingerprint density at radius 2 is 1.83 bits per heavy atom. The van der Waals surface area contributed by atoms with Crippen molar-refractivity contribution in [1.82, 2.24) is 9.80 Å². The van der Waals surface area contributed by atoms with Crippen LogP contribution < -0.4 is 4.74 Å². The Labute approximate surface area is 175 Å². The Morgan fingerprint density at radius 1 is 1.07 bits per heavy atom. The van der Waals surface area contributed by atoms with E-state index in [9.17, 15) is 9.59 Å². The van der Waals surface area contributed by atoms with Crippen molar-refractivity contribution < 1.29 is 14.3 Å². The van der Waals surface area contributed by atoms with Crippen molar-refractivity contribution in [1.29, 1.82) is 0 Å². The van der Waals surface area contributed by atoms with E-state index in [0.717, 1.165) is 70.3 Å². The summed E-state index contributed by atoms with van der Waals surface area (Å²) in [7, 11) is 1.94. The fourth-order valence-electron chi connectivity index (χ4n) is 4.80. The van der Waals surface area contributed by atoms with Gasteiger partial charge in [0, 0.05) is 39.5 Å². The first kappa shape index (κ1) is 21.7. The summed E-state index contributed by atoms with van der Waals surface area (Å²) < 4.78 is 5.96. The standard InChI is InChI=1S/C24H36N2O3/c1-3-22(27)26-16-14-24(15-17-26)13-7-6-10-20-9-4-5-11-21(20)29-18-8-12-23(28)25(2)19-24/h4-5,9,11H,3,6-8,10,12-19H2,1-2H3. The molecule has 0 unspecified atom stereocenters. The van der Waals surface area contributed by atoms with Crippen LogP contribution in [0.1, 0.15) is 63.9 Å². The van der Waals surface area contributed by atoms with Crippen LogP contribution in [0.4, 0.5) is 0 Å². The van der Waals surface area contributed by atoms with Crippen LogP contribution in [-0.4, -0.2) is 54.9 Å². The van der Waals surface area contributed by atoms with Crippen LogP contribution in [0.2, 0.25) is 0 Å². The molecule has 5 heteroatoms. The number of hydrogen-bond donors (Lipinski definition) is 0. The van der Waals surface area contributed by atoms with Gasteiger partial charge >= 0.3 is 0 Å². The highest BCUT2D eigenvalue weighted by atomic mass is 16.5. The van der Waals surface area contributed by atoms with Gasteiger partial charge in [-0.1, -0.05) is 31.5 Å². The average Bonchev–Trinajstić information content (AvgIpc) is 2.74. The second-order valence-corrected chi connectivity index (χ2v) is 8.75. The number of rotatable bonds is 1. The molecule has 0 saturated carbocycles. The minimum atomic E-state index is 0.134. The predicted octanol–water partition coefficient (Wildman–Crippen LogP) is 4.05. The lowest BCUT2D eigenvalue weighted by molar-refractivity contribution is -0.136. The molecule has 0 atom stereocenters. The van der Waals surface area contributed by atoms with Gasteiger partial charge in [-0.3, -0.25) is 9.59 Å². The molecule has 5 nitrogen and oxygen atoms in total. The summed E-state index contributed by atoms with van der Waals surface area (Å²) in [6, 6.07) is 8.29. The molecule has 3 rings (SSSR count). The van der Waals surface area contributed by atoms with E-state index in [-0.39, 0.29) is 17.2 Å². The topological polar surface area (TPSA) is 49.9 Å². The summed E-state index contributed by atoms with van der Waals surface area (Å²) in [5.74, 6) is 1.42. The van der Waals surface area contributed by atoms with E-state index in [4.69, 9.17) is 4.74 Å². The normalized spacial score (nSPS) is 21.2. The van der Waals surface area contributed by atoms with Crippen LogP contribution in [0.25, 0.3) is 0 Å². The van der Waals surface area contributed by atoms with E-state index in [1.54, 1.807) is 0 Å². The first-order chi connectivity index (χ1) is 14.0. The fourth-order valence-corrected chi connectivity index (χ4v) is 4.80. The number of aryl methyl sites for hydroxylation is 1. The molecular weight excluding hydrogens is 364 g/mol. The van der Waals surface area contributed by atoms with Gasteiger partial charge in [0.1, 0.15) is 5.75 Å². The van der Waals surface area contributed by atoms with E-state index >= 15 is 0 Å². The highest BCUT2D eigenvalue weighted by Crippen LogP contribution is 2.38. The lowest BCUT2D eigenvalue weighted by Gasteiger charge is -2.44. The Morgan fingerprint density at radius 3 is 2.59 bits per heavy atom. The molecule has 2 amide bonds. The molecule has 1 aromatic carbocycles. The average molecular weight is 401 g/mol. The van der Waals surface area contributed by atoms with E-state index in [1.807, 2.05) is 35.9 Å². The van der Waals surface area contributed by atoms with Crippen LogP contribution in [0.5, 0.6) is 5.75 Å². The van der Waals surface area contributed by atoms with Gasteiger partial charge in [0.05, 0.1) is 6.61 Å². The Balaban J connectivity index is 1.70. The second-order valence-electron chi connectivity index (χ2n) is 8.75. The van der Waals surface area contributed by atoms with Gasteiger partial charge < -0.3 is 14.5 Å². The number of para-hydroxylation sites is 1.